The highest BCUT2D eigenvalue weighted by molar-refractivity contribution is 5.85. The van der Waals surface area contributed by atoms with Crippen molar-refractivity contribution in [1.82, 2.24) is 10.6 Å². The van der Waals surface area contributed by atoms with Gasteiger partial charge in [0.2, 0.25) is 11.8 Å². The van der Waals surface area contributed by atoms with Crippen LogP contribution in [0.5, 0.6) is 0 Å². The van der Waals surface area contributed by atoms with Crippen LogP contribution in [0.2, 0.25) is 0 Å². The summed E-state index contributed by atoms with van der Waals surface area (Å²) in [4.78, 5) is 51.3. The van der Waals surface area contributed by atoms with Crippen LogP contribution in [0.4, 0.5) is 0 Å². The van der Waals surface area contributed by atoms with E-state index in [4.69, 9.17) is 0 Å². The maximum absolute atomic E-state index is 13.4. The Bertz CT molecular complexity index is 1060. The maximum atomic E-state index is 13.4. The lowest BCUT2D eigenvalue weighted by Gasteiger charge is -2.38. The third-order valence-corrected chi connectivity index (χ3v) is 15.1. The number of carboxylic acid groups (broad SMARTS) is 2. The summed E-state index contributed by atoms with van der Waals surface area (Å²) in [6, 6.07) is 0.317. The monoisotopic (exact) mass is 711 g/mol. The van der Waals surface area contributed by atoms with Crippen molar-refractivity contribution < 1.29 is 29.4 Å². The molecule has 6 atom stereocenters. The number of rotatable bonds is 12. The molecule has 0 radical (unpaired) electrons. The van der Waals surface area contributed by atoms with Crippen LogP contribution in [0.15, 0.2) is 0 Å². The number of carbonyl (C=O) groups is 4. The summed E-state index contributed by atoms with van der Waals surface area (Å²) in [5.74, 6) is 0.204. The Balaban J connectivity index is 0.870. The van der Waals surface area contributed by atoms with Crippen molar-refractivity contribution >= 4 is 23.8 Å². The Morgan fingerprint density at radius 3 is 1.04 bits per heavy atom. The highest BCUT2D eigenvalue weighted by atomic mass is 16.4. The van der Waals surface area contributed by atoms with Gasteiger partial charge in [-0.05, 0) is 145 Å². The number of aliphatic carboxylic acids is 2. The van der Waals surface area contributed by atoms with E-state index in [0.29, 0.717) is 49.4 Å². The van der Waals surface area contributed by atoms with Gasteiger partial charge in [-0.1, -0.05) is 64.2 Å². The predicted octanol–water partition coefficient (Wildman–Crippen LogP) is 8.90. The first-order valence-electron chi connectivity index (χ1n) is 21.8. The molecule has 6 fully saturated rings. The van der Waals surface area contributed by atoms with Gasteiger partial charge in [0.25, 0.3) is 0 Å². The molecule has 0 aromatic carbocycles. The zero-order valence-corrected chi connectivity index (χ0v) is 31.5. The SMILES string of the molecule is O=C(O)C1CC(CC2CCCCC2)CCC1C(=O)NC1CCC(CC2CCC(NC(=O)C3CCC(CC4CCCCC4)CC3C(=O)O)CC2)CC1. The number of amides is 2. The van der Waals surface area contributed by atoms with E-state index in [1.807, 2.05) is 0 Å². The molecule has 0 spiro atoms. The minimum atomic E-state index is -0.793. The highest BCUT2D eigenvalue weighted by Gasteiger charge is 2.42. The fourth-order valence-electron chi connectivity index (χ4n) is 12.1. The summed E-state index contributed by atoms with van der Waals surface area (Å²) < 4.78 is 0. The van der Waals surface area contributed by atoms with Gasteiger partial charge in [-0.15, -0.1) is 0 Å². The zero-order valence-electron chi connectivity index (χ0n) is 31.5. The molecule has 288 valence electrons. The minimum absolute atomic E-state index is 0.0236. The molecule has 6 rings (SSSR count). The number of hydrogen-bond acceptors (Lipinski definition) is 4. The third kappa shape index (κ3) is 11.0. The highest BCUT2D eigenvalue weighted by Crippen LogP contribution is 2.43. The van der Waals surface area contributed by atoms with Crippen molar-refractivity contribution in [3.8, 4) is 0 Å². The van der Waals surface area contributed by atoms with Gasteiger partial charge in [0, 0.05) is 12.1 Å². The summed E-state index contributed by atoms with van der Waals surface area (Å²) >= 11 is 0. The largest absolute Gasteiger partial charge is 0.481 e. The second-order valence-corrected chi connectivity index (χ2v) is 18.6. The molecule has 2 amide bonds. The van der Waals surface area contributed by atoms with Crippen molar-refractivity contribution in [2.45, 2.75) is 185 Å². The van der Waals surface area contributed by atoms with Gasteiger partial charge in [0.05, 0.1) is 23.7 Å². The standard InChI is InChI=1S/C43H70N2O6/c46-40(36-21-15-32(26-38(36)42(48)49)24-28-7-3-1-4-8-28)44-34-17-11-30(12-18-34)23-31-13-19-35(20-14-31)45-41(47)37-22-16-33(27-39(37)43(50)51)25-29-9-5-2-6-10-29/h28-39H,1-27H2,(H,44,46)(H,45,47)(H,48,49)(H,50,51). The second-order valence-electron chi connectivity index (χ2n) is 18.6. The first-order valence-corrected chi connectivity index (χ1v) is 21.8. The topological polar surface area (TPSA) is 133 Å². The van der Waals surface area contributed by atoms with Crippen LogP contribution in [0.3, 0.4) is 0 Å². The van der Waals surface area contributed by atoms with E-state index in [1.165, 1.54) is 70.6 Å². The van der Waals surface area contributed by atoms with Crippen LogP contribution in [0.1, 0.15) is 173 Å². The minimum Gasteiger partial charge on any atom is -0.481 e. The molecule has 0 saturated heterocycles. The average Bonchev–Trinajstić information content (AvgIpc) is 3.14. The summed E-state index contributed by atoms with van der Waals surface area (Å²) in [7, 11) is 0. The van der Waals surface area contributed by atoms with Crippen LogP contribution >= 0.6 is 0 Å². The van der Waals surface area contributed by atoms with Gasteiger partial charge < -0.3 is 20.8 Å². The molecule has 0 bridgehead atoms. The van der Waals surface area contributed by atoms with E-state index >= 15 is 0 Å². The molecule has 0 aromatic heterocycles. The van der Waals surface area contributed by atoms with E-state index in [0.717, 1.165) is 88.9 Å². The Morgan fingerprint density at radius 1 is 0.373 bits per heavy atom. The van der Waals surface area contributed by atoms with Crippen LogP contribution in [-0.2, 0) is 19.2 Å². The molecule has 8 nitrogen and oxygen atoms in total. The van der Waals surface area contributed by atoms with Gasteiger partial charge in [-0.2, -0.15) is 0 Å². The second kappa shape index (κ2) is 18.8. The molecule has 8 heteroatoms. The zero-order chi connectivity index (χ0) is 35.7. The Morgan fingerprint density at radius 2 is 0.686 bits per heavy atom. The summed E-state index contributed by atoms with van der Waals surface area (Å²) in [5, 5.41) is 26.7. The van der Waals surface area contributed by atoms with Gasteiger partial charge in [-0.25, -0.2) is 0 Å². The maximum Gasteiger partial charge on any atom is 0.307 e. The number of carboxylic acids is 2. The lowest BCUT2D eigenvalue weighted by atomic mass is 9.69. The van der Waals surface area contributed by atoms with E-state index in [2.05, 4.69) is 10.6 Å². The van der Waals surface area contributed by atoms with E-state index < -0.39 is 35.6 Å². The van der Waals surface area contributed by atoms with Gasteiger partial charge in [0.15, 0.2) is 0 Å². The summed E-state index contributed by atoms with van der Waals surface area (Å²) in [5.41, 5.74) is 0. The van der Waals surface area contributed by atoms with E-state index in [9.17, 15) is 29.4 Å². The number of nitrogens with one attached hydrogen (secondary N) is 2. The molecule has 0 aromatic rings. The quantitative estimate of drug-likeness (QED) is 0.160. The van der Waals surface area contributed by atoms with Gasteiger partial charge in [-0.3, -0.25) is 19.2 Å². The van der Waals surface area contributed by atoms with Gasteiger partial charge in [0.1, 0.15) is 0 Å². The fourth-order valence-corrected chi connectivity index (χ4v) is 12.1. The molecule has 6 saturated carbocycles. The molecule has 6 aliphatic rings. The number of hydrogen-bond donors (Lipinski definition) is 4. The van der Waals surface area contributed by atoms with Crippen LogP contribution in [0, 0.1) is 59.2 Å². The van der Waals surface area contributed by atoms with Crippen molar-refractivity contribution in [3.05, 3.63) is 0 Å². The molecule has 0 heterocycles. The first kappa shape index (κ1) is 38.6. The van der Waals surface area contributed by atoms with Crippen molar-refractivity contribution in [1.29, 1.82) is 0 Å². The van der Waals surface area contributed by atoms with Crippen LogP contribution in [-0.4, -0.2) is 46.0 Å². The Labute approximate surface area is 307 Å². The molecule has 6 aliphatic carbocycles. The van der Waals surface area contributed by atoms with E-state index in [-0.39, 0.29) is 23.9 Å². The molecule has 4 N–H and O–H groups in total. The van der Waals surface area contributed by atoms with E-state index in [1.54, 1.807) is 0 Å². The van der Waals surface area contributed by atoms with Crippen molar-refractivity contribution in [3.63, 3.8) is 0 Å². The molecule has 6 unspecified atom stereocenters. The third-order valence-electron chi connectivity index (χ3n) is 15.1. The lowest BCUT2D eigenvalue weighted by molar-refractivity contribution is -0.150. The Kier molecular flexibility index (Phi) is 14.2. The molecule has 0 aliphatic heterocycles. The smallest absolute Gasteiger partial charge is 0.307 e. The fraction of sp³-hybridized carbons (Fsp3) is 0.907. The van der Waals surface area contributed by atoms with Crippen molar-refractivity contribution in [2.75, 3.05) is 0 Å². The molecular weight excluding hydrogens is 640 g/mol. The average molecular weight is 711 g/mol. The Hall–Kier alpha value is -2.12. The lowest BCUT2D eigenvalue weighted by Crippen LogP contribution is -2.46. The first-order chi connectivity index (χ1) is 24.7. The molecule has 51 heavy (non-hydrogen) atoms. The summed E-state index contributed by atoms with van der Waals surface area (Å²) in [6.07, 6.45) is 29.6. The number of carbonyl (C=O) groups excluding carboxylic acids is 2. The van der Waals surface area contributed by atoms with Crippen LogP contribution in [0.25, 0.3) is 0 Å². The predicted molar refractivity (Wildman–Crippen MR) is 199 cm³/mol. The normalized spacial score (nSPS) is 37.3. The van der Waals surface area contributed by atoms with Gasteiger partial charge >= 0.3 is 11.9 Å². The molecular formula is C43H70N2O6. The summed E-state index contributed by atoms with van der Waals surface area (Å²) in [6.45, 7) is 0. The van der Waals surface area contributed by atoms with Crippen molar-refractivity contribution in [2.24, 2.45) is 59.2 Å². The van der Waals surface area contributed by atoms with Crippen LogP contribution < -0.4 is 10.6 Å².